The van der Waals surface area contributed by atoms with Gasteiger partial charge in [-0.1, -0.05) is 12.1 Å². The molecule has 1 aromatic carbocycles. The highest BCUT2D eigenvalue weighted by atomic mass is 32.1. The van der Waals surface area contributed by atoms with Gasteiger partial charge in [-0.05, 0) is 45.6 Å². The fourth-order valence-corrected chi connectivity index (χ4v) is 3.88. The smallest absolute Gasteiger partial charge is 0.194 e. The molecule has 0 fully saturated rings. The largest absolute Gasteiger partial charge is 0.497 e. The number of ether oxygens (including phenoxy) is 2. The van der Waals surface area contributed by atoms with Gasteiger partial charge in [0.05, 0.1) is 31.9 Å². The summed E-state index contributed by atoms with van der Waals surface area (Å²) in [4.78, 5) is 13.9. The third kappa shape index (κ3) is 6.68. The van der Waals surface area contributed by atoms with Crippen molar-refractivity contribution in [3.05, 3.63) is 45.9 Å². The van der Waals surface area contributed by atoms with Crippen LogP contribution in [0.15, 0.2) is 34.6 Å². The lowest BCUT2D eigenvalue weighted by atomic mass is 10.1. The summed E-state index contributed by atoms with van der Waals surface area (Å²) in [5.74, 6) is 1.73. The minimum atomic E-state index is 0.0151. The number of aromatic nitrogens is 1. The Labute approximate surface area is 184 Å². The molecule has 0 saturated carbocycles. The van der Waals surface area contributed by atoms with E-state index in [1.807, 2.05) is 26.1 Å². The second kappa shape index (κ2) is 11.9. The van der Waals surface area contributed by atoms with Crippen LogP contribution >= 0.6 is 11.3 Å². The zero-order valence-electron chi connectivity index (χ0n) is 19.2. The van der Waals surface area contributed by atoms with Gasteiger partial charge in [0.25, 0.3) is 0 Å². The number of nitrogens with one attached hydrogen (secondary N) is 1. The molecule has 0 aliphatic carbocycles. The molecule has 30 heavy (non-hydrogen) atoms. The van der Waals surface area contributed by atoms with Crippen molar-refractivity contribution in [1.29, 1.82) is 0 Å². The lowest BCUT2D eigenvalue weighted by molar-refractivity contribution is 0.119. The van der Waals surface area contributed by atoms with Gasteiger partial charge in [-0.15, -0.1) is 11.3 Å². The molecule has 0 amide bonds. The van der Waals surface area contributed by atoms with E-state index in [1.54, 1.807) is 25.6 Å². The Morgan fingerprint density at radius 2 is 1.90 bits per heavy atom. The molecule has 7 nitrogen and oxygen atoms in total. The summed E-state index contributed by atoms with van der Waals surface area (Å²) in [5.41, 5.74) is 2.23. The van der Waals surface area contributed by atoms with Crippen molar-refractivity contribution >= 4 is 17.3 Å². The summed E-state index contributed by atoms with van der Waals surface area (Å²) >= 11 is 1.63. The van der Waals surface area contributed by atoms with Crippen LogP contribution in [0.4, 0.5) is 0 Å². The highest BCUT2D eigenvalue weighted by Crippen LogP contribution is 2.23. The van der Waals surface area contributed by atoms with E-state index in [0.29, 0.717) is 13.1 Å². The summed E-state index contributed by atoms with van der Waals surface area (Å²) in [6.07, 6.45) is 0.0151. The molecule has 2 atom stereocenters. The van der Waals surface area contributed by atoms with Gasteiger partial charge in [0.1, 0.15) is 16.9 Å². The van der Waals surface area contributed by atoms with Crippen molar-refractivity contribution < 1.29 is 9.47 Å². The lowest BCUT2D eigenvalue weighted by Crippen LogP contribution is -2.39. The number of hydrogen-bond acceptors (Lipinski definition) is 6. The molecule has 1 N–H and O–H groups in total. The first-order chi connectivity index (χ1) is 14.4. The summed E-state index contributed by atoms with van der Waals surface area (Å²) in [6.45, 7) is 6.24. The van der Waals surface area contributed by atoms with Gasteiger partial charge in [0.15, 0.2) is 5.96 Å². The molecule has 8 heteroatoms. The second-order valence-electron chi connectivity index (χ2n) is 7.36. The van der Waals surface area contributed by atoms with Crippen molar-refractivity contribution in [2.75, 3.05) is 48.5 Å². The third-order valence-corrected chi connectivity index (χ3v) is 5.96. The van der Waals surface area contributed by atoms with Crippen LogP contribution in [0, 0.1) is 0 Å². The van der Waals surface area contributed by atoms with E-state index in [-0.39, 0.29) is 12.1 Å². The SMILES string of the molecule is CCNC(=NCC(c1ccc(OC)cc1)N(C)C)N(C)Cc1csc(C(C)OC)n1. The van der Waals surface area contributed by atoms with Gasteiger partial charge < -0.3 is 24.6 Å². The summed E-state index contributed by atoms with van der Waals surface area (Å²) in [6, 6.07) is 8.36. The molecular weight excluding hydrogens is 398 g/mol. The average Bonchev–Trinajstić information content (AvgIpc) is 3.21. The number of nitrogens with zero attached hydrogens (tertiary/aromatic N) is 4. The quantitative estimate of drug-likeness (QED) is 0.457. The van der Waals surface area contributed by atoms with Crippen LogP contribution in [-0.4, -0.2) is 69.2 Å². The van der Waals surface area contributed by atoms with Crippen LogP contribution in [0.2, 0.25) is 0 Å². The number of thiazole rings is 1. The standard InChI is InChI=1S/C22H35N5O2S/c1-8-23-22(27(5)14-18-15-30-21(25-18)16(2)28-6)24-13-20(26(3)4)17-9-11-19(29-7)12-10-17/h9-12,15-16,20H,8,13-14H2,1-7H3,(H,23,24). The maximum atomic E-state index is 5.37. The third-order valence-electron chi connectivity index (χ3n) is 4.90. The molecule has 2 rings (SSSR count). The Morgan fingerprint density at radius 3 is 2.47 bits per heavy atom. The average molecular weight is 434 g/mol. The molecular formula is C22H35N5O2S. The van der Waals surface area contributed by atoms with Gasteiger partial charge in [-0.25, -0.2) is 4.98 Å². The zero-order valence-corrected chi connectivity index (χ0v) is 20.0. The molecule has 0 aliphatic heterocycles. The first-order valence-corrected chi connectivity index (χ1v) is 11.0. The Hall–Kier alpha value is -2.16. The number of likely N-dealkylation sites (N-methyl/N-ethyl adjacent to an activating group) is 1. The van der Waals surface area contributed by atoms with Crippen LogP contribution in [0.5, 0.6) is 5.75 Å². The number of aliphatic imine (C=N–C) groups is 1. The summed E-state index contributed by atoms with van der Waals surface area (Å²) in [7, 11) is 9.59. The number of guanidine groups is 1. The van der Waals surface area contributed by atoms with Gasteiger partial charge >= 0.3 is 0 Å². The Morgan fingerprint density at radius 1 is 1.20 bits per heavy atom. The maximum Gasteiger partial charge on any atom is 0.194 e. The fraction of sp³-hybridized carbons (Fsp3) is 0.545. The molecule has 1 heterocycles. The van der Waals surface area contributed by atoms with E-state index in [1.165, 1.54) is 5.56 Å². The van der Waals surface area contributed by atoms with E-state index in [2.05, 4.69) is 53.6 Å². The summed E-state index contributed by atoms with van der Waals surface area (Å²) < 4.78 is 10.7. The molecule has 1 aromatic heterocycles. The first kappa shape index (κ1) is 24.1. The van der Waals surface area contributed by atoms with Crippen LogP contribution in [0.3, 0.4) is 0 Å². The molecule has 0 spiro atoms. The van der Waals surface area contributed by atoms with Gasteiger partial charge in [0.2, 0.25) is 0 Å². The summed E-state index contributed by atoms with van der Waals surface area (Å²) in [5, 5.41) is 6.48. The normalized spacial score (nSPS) is 13.9. The Balaban J connectivity index is 2.12. The predicted molar refractivity (Wildman–Crippen MR) is 124 cm³/mol. The van der Waals surface area contributed by atoms with Gasteiger partial charge in [0, 0.05) is 26.1 Å². The molecule has 166 valence electrons. The number of hydrogen-bond donors (Lipinski definition) is 1. The second-order valence-corrected chi connectivity index (χ2v) is 8.25. The predicted octanol–water partition coefficient (Wildman–Crippen LogP) is 3.56. The highest BCUT2D eigenvalue weighted by molar-refractivity contribution is 7.09. The first-order valence-electron chi connectivity index (χ1n) is 10.2. The number of rotatable bonds is 10. The van der Waals surface area contributed by atoms with Crippen LogP contribution in [-0.2, 0) is 11.3 Å². The van der Waals surface area contributed by atoms with Gasteiger partial charge in [-0.3, -0.25) is 4.99 Å². The minimum absolute atomic E-state index is 0.0151. The molecule has 2 aromatic rings. The zero-order chi connectivity index (χ0) is 22.1. The number of benzene rings is 1. The monoisotopic (exact) mass is 433 g/mol. The minimum Gasteiger partial charge on any atom is -0.497 e. The highest BCUT2D eigenvalue weighted by Gasteiger charge is 2.16. The van der Waals surface area contributed by atoms with Crippen molar-refractivity contribution in [2.24, 2.45) is 4.99 Å². The van der Waals surface area contributed by atoms with Gasteiger partial charge in [-0.2, -0.15) is 0 Å². The van der Waals surface area contributed by atoms with Crippen molar-refractivity contribution in [3.8, 4) is 5.75 Å². The molecule has 0 bridgehead atoms. The lowest BCUT2D eigenvalue weighted by Gasteiger charge is -2.26. The van der Waals surface area contributed by atoms with E-state index >= 15 is 0 Å². The molecule has 0 radical (unpaired) electrons. The van der Waals surface area contributed by atoms with Crippen LogP contribution < -0.4 is 10.1 Å². The van der Waals surface area contributed by atoms with Crippen molar-refractivity contribution in [3.63, 3.8) is 0 Å². The van der Waals surface area contributed by atoms with E-state index in [9.17, 15) is 0 Å². The topological polar surface area (TPSA) is 62.2 Å². The van der Waals surface area contributed by atoms with E-state index in [4.69, 9.17) is 19.5 Å². The van der Waals surface area contributed by atoms with E-state index in [0.717, 1.165) is 29.0 Å². The van der Waals surface area contributed by atoms with E-state index < -0.39 is 0 Å². The van der Waals surface area contributed by atoms with Crippen molar-refractivity contribution in [1.82, 2.24) is 20.1 Å². The molecule has 0 aliphatic rings. The number of methoxy groups -OCH3 is 2. The van der Waals surface area contributed by atoms with Crippen molar-refractivity contribution in [2.45, 2.75) is 32.5 Å². The van der Waals surface area contributed by atoms with Crippen LogP contribution in [0.25, 0.3) is 0 Å². The molecule has 2 unspecified atom stereocenters. The Kier molecular flexibility index (Phi) is 9.55. The Bertz CT molecular complexity index is 791. The molecule has 0 saturated heterocycles. The van der Waals surface area contributed by atoms with Crippen LogP contribution in [0.1, 0.15) is 42.3 Å². The fourth-order valence-electron chi connectivity index (χ4n) is 3.04. The maximum absolute atomic E-state index is 5.37.